The molecule has 0 spiro atoms. The van der Waals surface area contributed by atoms with Gasteiger partial charge < -0.3 is 14.6 Å². The summed E-state index contributed by atoms with van der Waals surface area (Å²) in [6.45, 7) is 0. The maximum absolute atomic E-state index is 11.9. The lowest BCUT2D eigenvalue weighted by atomic mass is 9.94. The molecular formula is C18H14BBrN6O3. The van der Waals surface area contributed by atoms with E-state index in [1.165, 1.54) is 6.07 Å². The number of halogens is 1. The molecule has 1 aromatic heterocycles. The maximum Gasteiger partial charge on any atom is 0.326 e. The molecule has 0 saturated heterocycles. The third-order valence-corrected chi connectivity index (χ3v) is 4.56. The predicted molar refractivity (Wildman–Crippen MR) is 114 cm³/mol. The Bertz CT molecular complexity index is 1180. The van der Waals surface area contributed by atoms with Crippen molar-refractivity contribution in [3.05, 3.63) is 41.1 Å². The number of carbonyl (C=O) groups is 2. The van der Waals surface area contributed by atoms with Gasteiger partial charge in [0.1, 0.15) is 25.4 Å². The molecule has 0 saturated carbocycles. The fourth-order valence-electron chi connectivity index (χ4n) is 2.61. The van der Waals surface area contributed by atoms with Crippen molar-refractivity contribution >= 4 is 63.6 Å². The Labute approximate surface area is 174 Å². The highest BCUT2D eigenvalue weighted by Crippen LogP contribution is 2.31. The second kappa shape index (κ2) is 8.16. The number of rotatable bonds is 4. The van der Waals surface area contributed by atoms with E-state index < -0.39 is 17.6 Å². The smallest absolute Gasteiger partial charge is 0.326 e. The highest BCUT2D eigenvalue weighted by Gasteiger charge is 2.15. The van der Waals surface area contributed by atoms with E-state index in [1.807, 2.05) is 35.1 Å². The third-order valence-electron chi connectivity index (χ3n) is 3.97. The van der Waals surface area contributed by atoms with Gasteiger partial charge in [0.2, 0.25) is 0 Å². The first kappa shape index (κ1) is 20.1. The summed E-state index contributed by atoms with van der Waals surface area (Å²) < 4.78 is 8.48. The van der Waals surface area contributed by atoms with Crippen molar-refractivity contribution < 1.29 is 14.3 Å². The van der Waals surface area contributed by atoms with Gasteiger partial charge in [0, 0.05) is 18.8 Å². The summed E-state index contributed by atoms with van der Waals surface area (Å²) in [4.78, 5) is 27.6. The molecule has 3 amide bonds. The van der Waals surface area contributed by atoms with E-state index >= 15 is 0 Å². The lowest BCUT2D eigenvalue weighted by Crippen LogP contribution is -2.38. The first-order chi connectivity index (χ1) is 13.8. The Kier molecular flexibility index (Phi) is 5.65. The van der Waals surface area contributed by atoms with Crippen LogP contribution >= 0.6 is 15.9 Å². The van der Waals surface area contributed by atoms with Crippen molar-refractivity contribution in [3.63, 3.8) is 0 Å². The maximum atomic E-state index is 11.9. The van der Waals surface area contributed by atoms with Gasteiger partial charge in [-0.2, -0.15) is 5.26 Å². The topological polar surface area (TPSA) is 133 Å². The van der Waals surface area contributed by atoms with E-state index in [9.17, 15) is 9.59 Å². The first-order valence-corrected chi connectivity index (χ1v) is 9.08. The monoisotopic (exact) mass is 452 g/mol. The SMILES string of the molecule is Bc1cc(NC(=O)NC(=O)C(=N)C#N)cc(Br)c1Oc1ccc2c(c1)ncn2C. The van der Waals surface area contributed by atoms with Gasteiger partial charge in [-0.25, -0.2) is 9.78 Å². The molecule has 0 atom stereocenters. The highest BCUT2D eigenvalue weighted by atomic mass is 79.9. The van der Waals surface area contributed by atoms with Gasteiger partial charge in [-0.3, -0.25) is 15.5 Å². The molecule has 0 fully saturated rings. The summed E-state index contributed by atoms with van der Waals surface area (Å²) in [5.74, 6) is 0.0956. The second-order valence-electron chi connectivity index (χ2n) is 6.11. The first-order valence-electron chi connectivity index (χ1n) is 8.28. The third kappa shape index (κ3) is 4.44. The number of nitrogens with one attached hydrogen (secondary N) is 3. The summed E-state index contributed by atoms with van der Waals surface area (Å²) in [5, 5.41) is 20.0. The molecule has 0 aliphatic carbocycles. The molecule has 0 aliphatic rings. The average molecular weight is 453 g/mol. The minimum Gasteiger partial charge on any atom is -0.457 e. The number of ether oxygens (including phenoxy) is 1. The van der Waals surface area contributed by atoms with Crippen LogP contribution in [0, 0.1) is 16.7 Å². The number of amides is 3. The molecule has 11 heteroatoms. The quantitative estimate of drug-likeness (QED) is 0.408. The van der Waals surface area contributed by atoms with Crippen molar-refractivity contribution in [2.75, 3.05) is 5.32 Å². The minimum atomic E-state index is -1.08. The number of nitriles is 1. The Hall–Kier alpha value is -3.65. The number of carbonyl (C=O) groups excluding carboxylic acids is 2. The van der Waals surface area contributed by atoms with Crippen LogP contribution in [0.3, 0.4) is 0 Å². The summed E-state index contributed by atoms with van der Waals surface area (Å²) in [6.07, 6.45) is 1.73. The van der Waals surface area contributed by atoms with Crippen LogP contribution in [0.4, 0.5) is 10.5 Å². The van der Waals surface area contributed by atoms with Crippen molar-refractivity contribution in [2.24, 2.45) is 7.05 Å². The standard InChI is InChI=1S/C18H14BBrN6O3/c1-26-8-23-14-6-10(2-3-15(14)26)29-16-11(19)4-9(5-12(16)20)24-18(28)25-17(27)13(22)7-21/h2-6,8,22H,19H2,1H3,(H2,24,25,27,28). The number of benzene rings is 2. The number of imide groups is 1. The molecule has 0 bridgehead atoms. The normalized spacial score (nSPS) is 10.2. The van der Waals surface area contributed by atoms with Crippen LogP contribution in [0.5, 0.6) is 11.5 Å². The van der Waals surface area contributed by atoms with E-state index in [1.54, 1.807) is 26.3 Å². The largest absolute Gasteiger partial charge is 0.457 e. The van der Waals surface area contributed by atoms with Gasteiger partial charge in [-0.15, -0.1) is 0 Å². The summed E-state index contributed by atoms with van der Waals surface area (Å²) in [5.41, 5.74) is 2.06. The Morgan fingerprint density at radius 2 is 2.10 bits per heavy atom. The lowest BCUT2D eigenvalue weighted by molar-refractivity contribution is -0.113. The average Bonchev–Trinajstić information content (AvgIpc) is 3.04. The number of nitrogens with zero attached hydrogens (tertiary/aromatic N) is 3. The molecule has 0 radical (unpaired) electrons. The van der Waals surface area contributed by atoms with Gasteiger partial charge in [-0.05, 0) is 45.7 Å². The van der Waals surface area contributed by atoms with Crippen LogP contribution < -0.4 is 20.8 Å². The van der Waals surface area contributed by atoms with E-state index in [2.05, 4.69) is 26.2 Å². The van der Waals surface area contributed by atoms with Gasteiger partial charge in [0.25, 0.3) is 5.91 Å². The molecule has 0 unspecified atom stereocenters. The molecule has 1 heterocycles. The van der Waals surface area contributed by atoms with Crippen LogP contribution in [-0.4, -0.2) is 35.0 Å². The zero-order valence-corrected chi connectivity index (χ0v) is 17.0. The predicted octanol–water partition coefficient (Wildman–Crippen LogP) is 1.58. The van der Waals surface area contributed by atoms with Crippen molar-refractivity contribution in [2.45, 2.75) is 0 Å². The molecule has 3 N–H and O–H groups in total. The van der Waals surface area contributed by atoms with Crippen molar-refractivity contribution in [1.29, 1.82) is 10.7 Å². The Balaban J connectivity index is 1.76. The van der Waals surface area contributed by atoms with Gasteiger partial charge >= 0.3 is 6.03 Å². The molecule has 2 aromatic carbocycles. The van der Waals surface area contributed by atoms with Crippen LogP contribution in [0.1, 0.15) is 0 Å². The molecule has 0 aliphatic heterocycles. The van der Waals surface area contributed by atoms with Crippen LogP contribution in [-0.2, 0) is 11.8 Å². The molecular weight excluding hydrogens is 439 g/mol. The number of hydrogen-bond donors (Lipinski definition) is 3. The fourth-order valence-corrected chi connectivity index (χ4v) is 3.25. The Morgan fingerprint density at radius 1 is 1.34 bits per heavy atom. The molecule has 29 heavy (non-hydrogen) atoms. The second-order valence-corrected chi connectivity index (χ2v) is 6.96. The van der Waals surface area contributed by atoms with Crippen LogP contribution in [0.15, 0.2) is 41.1 Å². The van der Waals surface area contributed by atoms with Crippen LogP contribution in [0.2, 0.25) is 0 Å². The number of hydrogen-bond acceptors (Lipinski definition) is 6. The molecule has 9 nitrogen and oxygen atoms in total. The molecule has 3 aromatic rings. The van der Waals surface area contributed by atoms with Gasteiger partial charge in [0.05, 0.1) is 21.8 Å². The number of aromatic nitrogens is 2. The van der Waals surface area contributed by atoms with E-state index in [-0.39, 0.29) is 0 Å². The molecule has 3 rings (SSSR count). The van der Waals surface area contributed by atoms with E-state index in [0.29, 0.717) is 21.7 Å². The van der Waals surface area contributed by atoms with E-state index in [0.717, 1.165) is 16.5 Å². The number of imidazole rings is 1. The van der Waals surface area contributed by atoms with Crippen LogP contribution in [0.25, 0.3) is 11.0 Å². The van der Waals surface area contributed by atoms with E-state index in [4.69, 9.17) is 15.4 Å². The summed E-state index contributed by atoms with van der Waals surface area (Å²) >= 11 is 3.42. The zero-order valence-electron chi connectivity index (χ0n) is 15.4. The number of anilines is 1. The highest BCUT2D eigenvalue weighted by molar-refractivity contribution is 9.10. The minimum absolute atomic E-state index is 0.399. The zero-order chi connectivity index (χ0) is 21.1. The number of aryl methyl sites for hydroxylation is 1. The number of fused-ring (bicyclic) bond motifs is 1. The van der Waals surface area contributed by atoms with Gasteiger partial charge in [0.15, 0.2) is 5.71 Å². The van der Waals surface area contributed by atoms with Gasteiger partial charge in [-0.1, -0.05) is 0 Å². The fraction of sp³-hybridized carbons (Fsp3) is 0.0556. The lowest BCUT2D eigenvalue weighted by Gasteiger charge is -2.14. The summed E-state index contributed by atoms with van der Waals surface area (Å²) in [7, 11) is 3.72. The molecule has 144 valence electrons. The summed E-state index contributed by atoms with van der Waals surface area (Å²) in [6, 6.07) is 9.37. The van der Waals surface area contributed by atoms with Crippen molar-refractivity contribution in [1.82, 2.24) is 14.9 Å². The van der Waals surface area contributed by atoms with Crippen molar-refractivity contribution in [3.8, 4) is 17.6 Å². The Morgan fingerprint density at radius 3 is 2.79 bits per heavy atom. The number of urea groups is 1.